The zero-order valence-electron chi connectivity index (χ0n) is 15.3. The zero-order valence-corrected chi connectivity index (χ0v) is 15.3. The molecule has 0 aromatic heterocycles. The number of piperidine rings is 1. The zero-order chi connectivity index (χ0) is 18.9. The minimum absolute atomic E-state index is 0.258. The summed E-state index contributed by atoms with van der Waals surface area (Å²) in [5.74, 6) is 3.07. The van der Waals surface area contributed by atoms with Crippen LogP contribution in [0.15, 0.2) is 48.5 Å². The van der Waals surface area contributed by atoms with E-state index in [2.05, 4.69) is 16.9 Å². The molecule has 4 heteroatoms. The molecule has 2 aromatic carbocycles. The predicted octanol–water partition coefficient (Wildman–Crippen LogP) is 3.85. The molecule has 0 spiro atoms. The average Bonchev–Trinajstić information content (AvgIpc) is 2.91. The van der Waals surface area contributed by atoms with Gasteiger partial charge in [-0.3, -0.25) is 4.90 Å². The van der Waals surface area contributed by atoms with Gasteiger partial charge in [0.25, 0.3) is 0 Å². The van der Waals surface area contributed by atoms with Gasteiger partial charge in [0.05, 0.1) is 5.60 Å². The number of halogens is 1. The SMILES string of the molecule is C#CCOc1ccccc1CN1[C@H]2CC[C@H]1CC(O)(c1ccc(F)cc1)C2. The number of terminal acetylenes is 1. The second kappa shape index (κ2) is 7.34. The summed E-state index contributed by atoms with van der Waals surface area (Å²) in [4.78, 5) is 2.48. The predicted molar refractivity (Wildman–Crippen MR) is 103 cm³/mol. The van der Waals surface area contributed by atoms with E-state index >= 15 is 0 Å². The molecule has 2 heterocycles. The minimum Gasteiger partial charge on any atom is -0.481 e. The molecule has 2 bridgehead atoms. The third-order valence-electron chi connectivity index (χ3n) is 5.94. The van der Waals surface area contributed by atoms with E-state index in [1.165, 1.54) is 12.1 Å². The van der Waals surface area contributed by atoms with Gasteiger partial charge in [-0.05, 0) is 49.4 Å². The van der Waals surface area contributed by atoms with Gasteiger partial charge in [0.15, 0.2) is 0 Å². The Labute approximate surface area is 159 Å². The van der Waals surface area contributed by atoms with E-state index in [9.17, 15) is 9.50 Å². The minimum atomic E-state index is -0.879. The van der Waals surface area contributed by atoms with E-state index in [0.717, 1.165) is 36.3 Å². The molecule has 2 fully saturated rings. The number of rotatable bonds is 5. The van der Waals surface area contributed by atoms with Crippen molar-refractivity contribution in [1.82, 2.24) is 4.90 Å². The second-order valence-electron chi connectivity index (χ2n) is 7.60. The molecule has 2 aliphatic rings. The molecule has 3 nitrogen and oxygen atoms in total. The Morgan fingerprint density at radius 2 is 1.78 bits per heavy atom. The van der Waals surface area contributed by atoms with Gasteiger partial charge in [-0.25, -0.2) is 4.39 Å². The summed E-state index contributed by atoms with van der Waals surface area (Å²) >= 11 is 0. The van der Waals surface area contributed by atoms with Crippen LogP contribution >= 0.6 is 0 Å². The molecule has 4 rings (SSSR count). The maximum atomic E-state index is 13.3. The summed E-state index contributed by atoms with van der Waals surface area (Å²) in [6.07, 6.45) is 8.80. The first-order valence-electron chi connectivity index (χ1n) is 9.47. The van der Waals surface area contributed by atoms with Crippen LogP contribution in [-0.4, -0.2) is 28.7 Å². The van der Waals surface area contributed by atoms with Gasteiger partial charge < -0.3 is 9.84 Å². The molecule has 2 atom stereocenters. The van der Waals surface area contributed by atoms with Crippen molar-refractivity contribution < 1.29 is 14.2 Å². The van der Waals surface area contributed by atoms with E-state index in [1.54, 1.807) is 12.1 Å². The van der Waals surface area contributed by atoms with Crippen LogP contribution in [0.2, 0.25) is 0 Å². The van der Waals surface area contributed by atoms with Crippen LogP contribution in [0.3, 0.4) is 0 Å². The second-order valence-corrected chi connectivity index (χ2v) is 7.60. The van der Waals surface area contributed by atoms with Crippen molar-refractivity contribution in [3.05, 3.63) is 65.5 Å². The number of hydrogen-bond acceptors (Lipinski definition) is 3. The largest absolute Gasteiger partial charge is 0.481 e. The van der Waals surface area contributed by atoms with E-state index in [0.29, 0.717) is 24.9 Å². The van der Waals surface area contributed by atoms with Gasteiger partial charge in [0.1, 0.15) is 18.2 Å². The third kappa shape index (κ3) is 3.58. The van der Waals surface area contributed by atoms with Crippen molar-refractivity contribution in [1.29, 1.82) is 0 Å². The quantitative estimate of drug-likeness (QED) is 0.817. The van der Waals surface area contributed by atoms with Gasteiger partial charge in [-0.1, -0.05) is 36.3 Å². The van der Waals surface area contributed by atoms with Gasteiger partial charge in [0.2, 0.25) is 0 Å². The first kappa shape index (κ1) is 18.0. The van der Waals surface area contributed by atoms with E-state index in [4.69, 9.17) is 11.2 Å². The van der Waals surface area contributed by atoms with E-state index in [-0.39, 0.29) is 12.4 Å². The molecule has 140 valence electrons. The molecule has 2 aliphatic heterocycles. The molecule has 2 aromatic rings. The van der Waals surface area contributed by atoms with Gasteiger partial charge in [-0.15, -0.1) is 6.42 Å². The summed E-state index contributed by atoms with van der Waals surface area (Å²) < 4.78 is 19.0. The molecule has 1 N–H and O–H groups in total. The topological polar surface area (TPSA) is 32.7 Å². The molecule has 0 aliphatic carbocycles. The summed E-state index contributed by atoms with van der Waals surface area (Å²) in [6, 6.07) is 14.9. The summed E-state index contributed by atoms with van der Waals surface area (Å²) in [5.41, 5.74) is 1.06. The molecule has 0 amide bonds. The average molecular weight is 365 g/mol. The Morgan fingerprint density at radius 1 is 1.11 bits per heavy atom. The smallest absolute Gasteiger partial charge is 0.148 e. The number of nitrogens with zero attached hydrogens (tertiary/aromatic N) is 1. The van der Waals surface area contributed by atoms with Crippen LogP contribution in [0.25, 0.3) is 0 Å². The highest BCUT2D eigenvalue weighted by Gasteiger charge is 2.48. The Hall–Kier alpha value is -2.35. The molecule has 0 unspecified atom stereocenters. The lowest BCUT2D eigenvalue weighted by atomic mass is 9.80. The lowest BCUT2D eigenvalue weighted by Crippen LogP contribution is -2.49. The van der Waals surface area contributed by atoms with Gasteiger partial charge in [-0.2, -0.15) is 0 Å². The van der Waals surface area contributed by atoms with E-state index < -0.39 is 5.60 Å². The van der Waals surface area contributed by atoms with Gasteiger partial charge in [0, 0.05) is 24.2 Å². The molecule has 27 heavy (non-hydrogen) atoms. The molecular formula is C23H24FNO2. The summed E-state index contributed by atoms with van der Waals surface area (Å²) in [5, 5.41) is 11.3. The van der Waals surface area contributed by atoms with Crippen molar-refractivity contribution in [2.24, 2.45) is 0 Å². The van der Waals surface area contributed by atoms with Crippen LogP contribution in [0, 0.1) is 18.2 Å². The number of hydrogen-bond donors (Lipinski definition) is 1. The van der Waals surface area contributed by atoms with Crippen molar-refractivity contribution in [3.63, 3.8) is 0 Å². The van der Waals surface area contributed by atoms with Crippen molar-refractivity contribution in [2.45, 2.75) is 49.9 Å². The van der Waals surface area contributed by atoms with Crippen molar-refractivity contribution >= 4 is 0 Å². The highest BCUT2D eigenvalue weighted by atomic mass is 19.1. The Balaban J connectivity index is 1.52. The standard InChI is InChI=1S/C23H24FNO2/c1-2-13-27-22-6-4-3-5-17(22)16-25-20-11-12-21(25)15-23(26,14-20)18-7-9-19(24)10-8-18/h1,3-10,20-21,26H,11-16H2/t20-,21-/m0/s1. The number of aliphatic hydroxyl groups is 1. The van der Waals surface area contributed by atoms with Crippen LogP contribution in [0.1, 0.15) is 36.8 Å². The van der Waals surface area contributed by atoms with Crippen molar-refractivity contribution in [3.8, 4) is 18.1 Å². The van der Waals surface area contributed by atoms with Crippen LogP contribution in [0.5, 0.6) is 5.75 Å². The Bertz CT molecular complexity index is 828. The highest BCUT2D eigenvalue weighted by molar-refractivity contribution is 5.34. The number of para-hydroxylation sites is 1. The number of fused-ring (bicyclic) bond motifs is 2. The summed E-state index contributed by atoms with van der Waals surface area (Å²) in [6.45, 7) is 1.05. The van der Waals surface area contributed by atoms with Crippen LogP contribution in [0.4, 0.5) is 4.39 Å². The monoisotopic (exact) mass is 365 g/mol. The number of benzene rings is 2. The van der Waals surface area contributed by atoms with E-state index in [1.807, 2.05) is 18.2 Å². The molecule has 0 radical (unpaired) electrons. The van der Waals surface area contributed by atoms with Gasteiger partial charge >= 0.3 is 0 Å². The fourth-order valence-electron chi connectivity index (χ4n) is 4.66. The number of ether oxygens (including phenoxy) is 1. The molecule has 0 saturated carbocycles. The first-order chi connectivity index (χ1) is 13.1. The fourth-order valence-corrected chi connectivity index (χ4v) is 4.66. The highest BCUT2D eigenvalue weighted by Crippen LogP contribution is 2.46. The maximum Gasteiger partial charge on any atom is 0.148 e. The summed E-state index contributed by atoms with van der Waals surface area (Å²) in [7, 11) is 0. The fraction of sp³-hybridized carbons (Fsp3) is 0.391. The van der Waals surface area contributed by atoms with Crippen LogP contribution < -0.4 is 4.74 Å². The van der Waals surface area contributed by atoms with Crippen molar-refractivity contribution in [2.75, 3.05) is 6.61 Å². The lowest BCUT2D eigenvalue weighted by molar-refractivity contribution is -0.0596. The molecular weight excluding hydrogens is 341 g/mol. The van der Waals surface area contributed by atoms with Crippen LogP contribution in [-0.2, 0) is 12.1 Å². The third-order valence-corrected chi connectivity index (χ3v) is 5.94. The normalized spacial score (nSPS) is 27.3. The first-order valence-corrected chi connectivity index (χ1v) is 9.47. The Morgan fingerprint density at radius 3 is 2.44 bits per heavy atom. The Kier molecular flexibility index (Phi) is 4.90. The lowest BCUT2D eigenvalue weighted by Gasteiger charge is -2.44. The maximum absolute atomic E-state index is 13.3. The molecule has 2 saturated heterocycles.